The van der Waals surface area contributed by atoms with Crippen molar-refractivity contribution < 1.29 is 24.0 Å². The molecule has 1 saturated heterocycles. The van der Waals surface area contributed by atoms with Gasteiger partial charge in [0.15, 0.2) is 5.13 Å². The first-order valence-corrected chi connectivity index (χ1v) is 12.6. The summed E-state index contributed by atoms with van der Waals surface area (Å²) in [6.45, 7) is 0.434. The molecule has 1 aliphatic carbocycles. The first kappa shape index (κ1) is 23.2. The van der Waals surface area contributed by atoms with Crippen molar-refractivity contribution in [3.8, 4) is 0 Å². The minimum absolute atomic E-state index is 0.0838. The third kappa shape index (κ3) is 4.68. The third-order valence-corrected chi connectivity index (χ3v) is 7.57. The van der Waals surface area contributed by atoms with Crippen LogP contribution in [-0.2, 0) is 28.9 Å². The zero-order chi connectivity index (χ0) is 24.5. The lowest BCUT2D eigenvalue weighted by Crippen LogP contribution is -2.54. The van der Waals surface area contributed by atoms with Crippen molar-refractivity contribution >= 4 is 46.1 Å². The summed E-state index contributed by atoms with van der Waals surface area (Å²) in [5, 5.41) is 8.44. The highest BCUT2D eigenvalue weighted by atomic mass is 32.1. The minimum atomic E-state index is -0.977. The second-order valence-corrected chi connectivity index (χ2v) is 9.99. The Bertz CT molecular complexity index is 1220. The lowest BCUT2D eigenvalue weighted by Gasteiger charge is -2.27. The van der Waals surface area contributed by atoms with Gasteiger partial charge in [-0.2, -0.15) is 0 Å². The van der Waals surface area contributed by atoms with Crippen LogP contribution < -0.4 is 16.0 Å². The van der Waals surface area contributed by atoms with Gasteiger partial charge in [0.05, 0.1) is 16.8 Å². The Morgan fingerprint density at radius 2 is 1.89 bits per heavy atom. The molecule has 3 aliphatic rings. The Morgan fingerprint density at radius 1 is 1.09 bits per heavy atom. The van der Waals surface area contributed by atoms with E-state index in [1.54, 1.807) is 18.2 Å². The van der Waals surface area contributed by atoms with Gasteiger partial charge in [-0.1, -0.05) is 6.07 Å². The van der Waals surface area contributed by atoms with Crippen LogP contribution in [0, 0.1) is 0 Å². The van der Waals surface area contributed by atoms with E-state index in [0.717, 1.165) is 41.8 Å². The van der Waals surface area contributed by atoms with Gasteiger partial charge in [-0.3, -0.25) is 34.7 Å². The van der Waals surface area contributed by atoms with Crippen LogP contribution in [0.4, 0.5) is 9.93 Å². The number of aryl methyl sites for hydroxylation is 3. The van der Waals surface area contributed by atoms with Gasteiger partial charge < -0.3 is 5.32 Å². The number of piperidine rings is 1. The molecule has 5 rings (SSSR count). The molecule has 1 aromatic heterocycles. The van der Waals surface area contributed by atoms with Gasteiger partial charge in [-0.15, -0.1) is 11.3 Å². The molecule has 2 aliphatic heterocycles. The summed E-state index contributed by atoms with van der Waals surface area (Å²) in [5.74, 6) is -2.07. The molecule has 0 radical (unpaired) electrons. The monoisotopic (exact) mass is 495 g/mol. The number of carbonyl (C=O) groups is 5. The number of benzene rings is 1. The van der Waals surface area contributed by atoms with Crippen molar-refractivity contribution in [1.29, 1.82) is 0 Å². The lowest BCUT2D eigenvalue weighted by atomic mass is 10.0. The first-order valence-electron chi connectivity index (χ1n) is 11.8. The largest absolute Gasteiger partial charge is 0.338 e. The van der Waals surface area contributed by atoms with Gasteiger partial charge in [0.2, 0.25) is 11.8 Å². The number of nitrogens with zero attached hydrogens (tertiary/aromatic N) is 2. The average Bonchev–Trinajstić information content (AvgIpc) is 3.35. The van der Waals surface area contributed by atoms with Crippen LogP contribution in [0.15, 0.2) is 18.2 Å². The number of thiazole rings is 1. The Balaban J connectivity index is 1.13. The summed E-state index contributed by atoms with van der Waals surface area (Å²) in [6.07, 6.45) is 5.74. The van der Waals surface area contributed by atoms with Gasteiger partial charge in [-0.05, 0) is 62.6 Å². The number of nitrogens with one attached hydrogen (secondary N) is 3. The molecule has 1 unspecified atom stereocenters. The Labute approximate surface area is 205 Å². The number of carbonyl (C=O) groups excluding carboxylic acids is 5. The van der Waals surface area contributed by atoms with Crippen LogP contribution in [0.25, 0.3) is 0 Å². The highest BCUT2D eigenvalue weighted by Gasteiger charge is 2.44. The number of hydrogen-bond acceptors (Lipinski definition) is 7. The number of aromatic nitrogens is 1. The molecule has 1 atom stereocenters. The van der Waals surface area contributed by atoms with E-state index in [0.29, 0.717) is 24.5 Å². The van der Waals surface area contributed by atoms with Crippen molar-refractivity contribution in [1.82, 2.24) is 20.5 Å². The average molecular weight is 496 g/mol. The summed E-state index contributed by atoms with van der Waals surface area (Å²) < 4.78 is 0. The summed E-state index contributed by atoms with van der Waals surface area (Å²) in [5.41, 5.74) is 2.46. The standard InChI is InChI=1S/C24H25N5O5S/c30-19-10-9-17(20(31)27-19)29-21(32)14-8-7-13(12-15(14)22(29)33)4-3-11-25-23(34)28-24-26-16-5-1-2-6-18(16)35-24/h7-8,12,17H,1-6,9-11H2,(H,27,30,31)(H2,25,26,28,34). The van der Waals surface area contributed by atoms with Gasteiger partial charge in [0.25, 0.3) is 11.8 Å². The number of fused-ring (bicyclic) bond motifs is 2. The van der Waals surface area contributed by atoms with Crippen LogP contribution in [0.5, 0.6) is 0 Å². The molecule has 6 amide bonds. The van der Waals surface area contributed by atoms with E-state index in [4.69, 9.17) is 0 Å². The molecule has 1 fully saturated rings. The molecule has 182 valence electrons. The Kier molecular flexibility index (Phi) is 6.33. The van der Waals surface area contributed by atoms with Crippen molar-refractivity contribution in [2.24, 2.45) is 0 Å². The number of amides is 6. The highest BCUT2D eigenvalue weighted by Crippen LogP contribution is 2.30. The third-order valence-electron chi connectivity index (χ3n) is 6.50. The summed E-state index contributed by atoms with van der Waals surface area (Å²) >= 11 is 1.53. The molecule has 3 heterocycles. The van der Waals surface area contributed by atoms with E-state index in [9.17, 15) is 24.0 Å². The molecule has 0 spiro atoms. The quantitative estimate of drug-likeness (QED) is 0.415. The molecule has 10 nitrogen and oxygen atoms in total. The fraction of sp³-hybridized carbons (Fsp3) is 0.417. The summed E-state index contributed by atoms with van der Waals surface area (Å²) in [4.78, 5) is 68.2. The SMILES string of the molecule is O=C1CCC(N2C(=O)c3ccc(CCCNC(=O)Nc4nc5c(s4)CCCC5)cc3C2=O)C(=O)N1. The maximum atomic E-state index is 12.9. The number of anilines is 1. The molecule has 0 bridgehead atoms. The summed E-state index contributed by atoms with van der Waals surface area (Å²) in [6, 6.07) is 3.77. The number of hydrogen-bond donors (Lipinski definition) is 3. The number of rotatable bonds is 6. The lowest BCUT2D eigenvalue weighted by molar-refractivity contribution is -0.136. The summed E-state index contributed by atoms with van der Waals surface area (Å²) in [7, 11) is 0. The van der Waals surface area contributed by atoms with Crippen LogP contribution >= 0.6 is 11.3 Å². The maximum Gasteiger partial charge on any atom is 0.321 e. The van der Waals surface area contributed by atoms with E-state index in [1.807, 2.05) is 0 Å². The van der Waals surface area contributed by atoms with E-state index < -0.39 is 29.7 Å². The van der Waals surface area contributed by atoms with Gasteiger partial charge in [0.1, 0.15) is 6.04 Å². The normalized spacial score (nSPS) is 19.3. The Morgan fingerprint density at radius 3 is 2.69 bits per heavy atom. The number of urea groups is 1. The maximum absolute atomic E-state index is 12.9. The van der Waals surface area contributed by atoms with Gasteiger partial charge in [0, 0.05) is 17.8 Å². The van der Waals surface area contributed by atoms with E-state index in [-0.39, 0.29) is 30.0 Å². The highest BCUT2D eigenvalue weighted by molar-refractivity contribution is 7.15. The van der Waals surface area contributed by atoms with Crippen LogP contribution in [0.3, 0.4) is 0 Å². The topological polar surface area (TPSA) is 138 Å². The van der Waals surface area contributed by atoms with Crippen molar-refractivity contribution in [2.45, 2.75) is 57.4 Å². The Hall–Kier alpha value is -3.60. The molecule has 3 N–H and O–H groups in total. The fourth-order valence-corrected chi connectivity index (χ4v) is 5.76. The van der Waals surface area contributed by atoms with Crippen molar-refractivity contribution in [3.05, 3.63) is 45.5 Å². The zero-order valence-electron chi connectivity index (χ0n) is 19.0. The molecule has 1 aromatic carbocycles. The first-order chi connectivity index (χ1) is 16.9. The molecule has 0 saturated carbocycles. The van der Waals surface area contributed by atoms with E-state index >= 15 is 0 Å². The second-order valence-electron chi connectivity index (χ2n) is 8.91. The van der Waals surface area contributed by atoms with E-state index in [1.165, 1.54) is 16.2 Å². The molecular formula is C24H25N5O5S. The molecular weight excluding hydrogens is 470 g/mol. The predicted molar refractivity (Wildman–Crippen MR) is 127 cm³/mol. The van der Waals surface area contributed by atoms with Crippen molar-refractivity contribution in [2.75, 3.05) is 11.9 Å². The van der Waals surface area contributed by atoms with Gasteiger partial charge in [-0.25, -0.2) is 9.78 Å². The zero-order valence-corrected chi connectivity index (χ0v) is 19.8. The molecule has 2 aromatic rings. The minimum Gasteiger partial charge on any atom is -0.338 e. The van der Waals surface area contributed by atoms with Crippen LogP contribution in [0.1, 0.15) is 69.0 Å². The van der Waals surface area contributed by atoms with Crippen LogP contribution in [0.2, 0.25) is 0 Å². The molecule has 11 heteroatoms. The van der Waals surface area contributed by atoms with Gasteiger partial charge >= 0.3 is 6.03 Å². The van der Waals surface area contributed by atoms with Crippen LogP contribution in [-0.4, -0.2) is 52.1 Å². The number of imide groups is 2. The second kappa shape index (κ2) is 9.57. The fourth-order valence-electron chi connectivity index (χ4n) is 4.71. The molecule has 35 heavy (non-hydrogen) atoms. The smallest absolute Gasteiger partial charge is 0.321 e. The predicted octanol–water partition coefficient (Wildman–Crippen LogP) is 2.18. The van der Waals surface area contributed by atoms with E-state index in [2.05, 4.69) is 20.9 Å². The van der Waals surface area contributed by atoms with Crippen molar-refractivity contribution in [3.63, 3.8) is 0 Å².